The van der Waals surface area contributed by atoms with Gasteiger partial charge in [0.1, 0.15) is 4.70 Å². The fourth-order valence-electron chi connectivity index (χ4n) is 2.18. The summed E-state index contributed by atoms with van der Waals surface area (Å²) in [5.41, 5.74) is -0.0299. The van der Waals surface area contributed by atoms with E-state index < -0.39 is 0 Å². The van der Waals surface area contributed by atoms with Gasteiger partial charge in [-0.15, -0.1) is 11.3 Å². The van der Waals surface area contributed by atoms with Crippen LogP contribution in [0.4, 0.5) is 0 Å². The summed E-state index contributed by atoms with van der Waals surface area (Å²) in [7, 11) is 0. The first-order valence-corrected chi connectivity index (χ1v) is 7.07. The SMILES string of the molecule is O=c1[nH]c(=O)n(CCC2OCCCO2)c2ccsc12. The molecule has 0 amide bonds. The highest BCUT2D eigenvalue weighted by molar-refractivity contribution is 7.17. The summed E-state index contributed by atoms with van der Waals surface area (Å²) in [4.78, 5) is 25.8. The third-order valence-corrected chi connectivity index (χ3v) is 3.99. The van der Waals surface area contributed by atoms with Crippen molar-refractivity contribution < 1.29 is 9.47 Å². The Morgan fingerprint density at radius 2 is 2.16 bits per heavy atom. The Labute approximate surface area is 112 Å². The van der Waals surface area contributed by atoms with E-state index >= 15 is 0 Å². The lowest BCUT2D eigenvalue weighted by Crippen LogP contribution is -2.32. The zero-order valence-corrected chi connectivity index (χ0v) is 11.1. The third-order valence-electron chi connectivity index (χ3n) is 3.09. The highest BCUT2D eigenvalue weighted by Gasteiger charge is 2.15. The van der Waals surface area contributed by atoms with Crippen molar-refractivity contribution in [1.29, 1.82) is 0 Å². The van der Waals surface area contributed by atoms with Crippen molar-refractivity contribution in [2.45, 2.75) is 25.7 Å². The van der Waals surface area contributed by atoms with Crippen molar-refractivity contribution in [3.8, 4) is 0 Å². The highest BCUT2D eigenvalue weighted by Crippen LogP contribution is 2.16. The Morgan fingerprint density at radius 3 is 2.95 bits per heavy atom. The van der Waals surface area contributed by atoms with Gasteiger partial charge in [0.05, 0.1) is 18.7 Å². The van der Waals surface area contributed by atoms with E-state index in [0.717, 1.165) is 6.42 Å². The van der Waals surface area contributed by atoms with Gasteiger partial charge in [-0.1, -0.05) is 0 Å². The molecule has 2 aromatic rings. The van der Waals surface area contributed by atoms with E-state index in [1.54, 1.807) is 10.6 Å². The van der Waals surface area contributed by atoms with Crippen LogP contribution in [0.2, 0.25) is 0 Å². The molecular weight excluding hydrogens is 268 g/mol. The number of aromatic nitrogens is 2. The fourth-order valence-corrected chi connectivity index (χ4v) is 2.97. The topological polar surface area (TPSA) is 73.3 Å². The number of hydrogen-bond acceptors (Lipinski definition) is 5. The molecule has 0 aromatic carbocycles. The van der Waals surface area contributed by atoms with Crippen LogP contribution in [-0.4, -0.2) is 29.1 Å². The zero-order chi connectivity index (χ0) is 13.2. The minimum Gasteiger partial charge on any atom is -0.353 e. The number of hydrogen-bond donors (Lipinski definition) is 1. The van der Waals surface area contributed by atoms with Crippen molar-refractivity contribution in [1.82, 2.24) is 9.55 Å². The Kier molecular flexibility index (Phi) is 3.50. The Hall–Kier alpha value is -1.44. The zero-order valence-electron chi connectivity index (χ0n) is 10.3. The smallest absolute Gasteiger partial charge is 0.328 e. The van der Waals surface area contributed by atoms with Crippen molar-refractivity contribution in [2.75, 3.05) is 13.2 Å². The molecule has 2 aromatic heterocycles. The van der Waals surface area contributed by atoms with Gasteiger partial charge in [-0.3, -0.25) is 14.3 Å². The number of rotatable bonds is 3. The maximum atomic E-state index is 11.9. The van der Waals surface area contributed by atoms with Crippen molar-refractivity contribution in [2.24, 2.45) is 0 Å². The summed E-state index contributed by atoms with van der Waals surface area (Å²) in [6.45, 7) is 1.85. The molecule has 1 aliphatic rings. The number of nitrogens with zero attached hydrogens (tertiary/aromatic N) is 1. The molecule has 0 aliphatic carbocycles. The van der Waals surface area contributed by atoms with Gasteiger partial charge in [-0.05, 0) is 17.9 Å². The van der Waals surface area contributed by atoms with Crippen LogP contribution in [0.3, 0.4) is 0 Å². The van der Waals surface area contributed by atoms with Gasteiger partial charge >= 0.3 is 5.69 Å². The number of nitrogens with one attached hydrogen (secondary N) is 1. The normalized spacial score (nSPS) is 17.1. The number of fused-ring (bicyclic) bond motifs is 1. The molecule has 1 saturated heterocycles. The molecule has 1 N–H and O–H groups in total. The van der Waals surface area contributed by atoms with Crippen LogP contribution in [-0.2, 0) is 16.0 Å². The van der Waals surface area contributed by atoms with Gasteiger partial charge in [0.25, 0.3) is 5.56 Å². The maximum absolute atomic E-state index is 11.9. The molecule has 0 atom stereocenters. The molecule has 0 radical (unpaired) electrons. The number of aromatic amines is 1. The van der Waals surface area contributed by atoms with E-state index in [2.05, 4.69) is 4.98 Å². The second-order valence-electron chi connectivity index (χ2n) is 4.36. The summed E-state index contributed by atoms with van der Waals surface area (Å²) in [6, 6.07) is 1.79. The molecule has 7 heteroatoms. The molecule has 1 aliphatic heterocycles. The molecule has 0 unspecified atom stereocenters. The lowest BCUT2D eigenvalue weighted by Gasteiger charge is -2.23. The summed E-state index contributed by atoms with van der Waals surface area (Å²) < 4.78 is 13.0. The summed E-state index contributed by atoms with van der Waals surface area (Å²) in [6.07, 6.45) is 1.24. The van der Waals surface area contributed by atoms with Gasteiger partial charge in [-0.25, -0.2) is 4.79 Å². The molecule has 6 nitrogen and oxygen atoms in total. The predicted octanol–water partition coefficient (Wildman–Crippen LogP) is 0.904. The predicted molar refractivity (Wildman–Crippen MR) is 71.6 cm³/mol. The largest absolute Gasteiger partial charge is 0.353 e. The molecule has 3 heterocycles. The van der Waals surface area contributed by atoms with Gasteiger partial charge in [0, 0.05) is 13.0 Å². The molecule has 102 valence electrons. The first-order valence-electron chi connectivity index (χ1n) is 6.19. The molecule has 19 heavy (non-hydrogen) atoms. The van der Waals surface area contributed by atoms with Gasteiger partial charge < -0.3 is 9.47 Å². The molecule has 1 fully saturated rings. The first-order chi connectivity index (χ1) is 9.25. The molecule has 0 bridgehead atoms. The molecular formula is C12H14N2O4S. The number of H-pyrrole nitrogens is 1. The van der Waals surface area contributed by atoms with Crippen LogP contribution in [0.1, 0.15) is 12.8 Å². The monoisotopic (exact) mass is 282 g/mol. The van der Waals surface area contributed by atoms with E-state index in [-0.39, 0.29) is 17.5 Å². The maximum Gasteiger partial charge on any atom is 0.328 e. The fraction of sp³-hybridized carbons (Fsp3) is 0.500. The van der Waals surface area contributed by atoms with Crippen LogP contribution in [0.15, 0.2) is 21.0 Å². The summed E-state index contributed by atoms with van der Waals surface area (Å²) >= 11 is 1.33. The standard InChI is InChI=1S/C12H14N2O4S/c15-11-10-8(3-7-19-10)14(12(16)13-11)4-2-9-17-5-1-6-18-9/h3,7,9H,1-2,4-6H2,(H,13,15,16). The van der Waals surface area contributed by atoms with E-state index in [9.17, 15) is 9.59 Å². The third kappa shape index (κ3) is 2.49. The van der Waals surface area contributed by atoms with Gasteiger partial charge in [0.15, 0.2) is 6.29 Å². The van der Waals surface area contributed by atoms with Crippen LogP contribution in [0.5, 0.6) is 0 Å². The molecule has 0 spiro atoms. The van der Waals surface area contributed by atoms with Gasteiger partial charge in [0.2, 0.25) is 0 Å². The highest BCUT2D eigenvalue weighted by atomic mass is 32.1. The molecule has 0 saturated carbocycles. The van der Waals surface area contributed by atoms with E-state index in [1.165, 1.54) is 11.3 Å². The van der Waals surface area contributed by atoms with E-state index in [0.29, 0.717) is 36.4 Å². The number of thiophene rings is 1. The summed E-state index contributed by atoms with van der Waals surface area (Å²) in [5, 5.41) is 1.81. The van der Waals surface area contributed by atoms with Crippen LogP contribution in [0, 0.1) is 0 Å². The number of ether oxygens (including phenoxy) is 2. The Balaban J connectivity index is 1.86. The van der Waals surface area contributed by atoms with Crippen molar-refractivity contribution in [3.05, 3.63) is 32.3 Å². The average molecular weight is 282 g/mol. The second kappa shape index (κ2) is 5.28. The van der Waals surface area contributed by atoms with Crippen LogP contribution in [0.25, 0.3) is 10.2 Å². The van der Waals surface area contributed by atoms with E-state index in [4.69, 9.17) is 9.47 Å². The van der Waals surface area contributed by atoms with Gasteiger partial charge in [-0.2, -0.15) is 0 Å². The quantitative estimate of drug-likeness (QED) is 0.908. The first kappa shape index (κ1) is 12.6. The lowest BCUT2D eigenvalue weighted by atomic mass is 10.3. The Bertz CT molecular complexity index is 681. The van der Waals surface area contributed by atoms with Crippen molar-refractivity contribution in [3.63, 3.8) is 0 Å². The minimum atomic E-state index is -0.383. The van der Waals surface area contributed by atoms with Crippen molar-refractivity contribution >= 4 is 21.6 Å². The van der Waals surface area contributed by atoms with Crippen LogP contribution >= 0.6 is 11.3 Å². The minimum absolute atomic E-state index is 0.263. The Morgan fingerprint density at radius 1 is 1.37 bits per heavy atom. The average Bonchev–Trinajstić information content (AvgIpc) is 2.89. The second-order valence-corrected chi connectivity index (χ2v) is 5.28. The lowest BCUT2D eigenvalue weighted by molar-refractivity contribution is -0.182. The van der Waals surface area contributed by atoms with Crippen LogP contribution < -0.4 is 11.2 Å². The van der Waals surface area contributed by atoms with E-state index in [1.807, 2.05) is 5.38 Å². The number of aryl methyl sites for hydroxylation is 1. The molecule has 3 rings (SSSR count). The summed E-state index contributed by atoms with van der Waals surface area (Å²) in [5.74, 6) is 0.